The summed E-state index contributed by atoms with van der Waals surface area (Å²) in [6.07, 6.45) is 7.39. The largest absolute Gasteiger partial charge is 0.349 e. The van der Waals surface area contributed by atoms with Crippen LogP contribution in [-0.2, 0) is 11.3 Å². The van der Waals surface area contributed by atoms with Gasteiger partial charge in [-0.2, -0.15) is 0 Å². The highest BCUT2D eigenvalue weighted by Gasteiger charge is 2.37. The molecule has 1 atom stereocenters. The van der Waals surface area contributed by atoms with Crippen molar-refractivity contribution in [3.8, 4) is 0 Å². The second kappa shape index (κ2) is 6.77. The lowest BCUT2D eigenvalue weighted by Gasteiger charge is -2.30. The first-order chi connectivity index (χ1) is 10.7. The van der Waals surface area contributed by atoms with Crippen LogP contribution in [0.5, 0.6) is 0 Å². The standard InChI is InChI=1S/C16H22N4O2/c21-15(18-10-12-6-4-5-9-17-12)14-11-20(16(22)19-14)13-7-2-1-3-8-13/h4-6,9,13-14H,1-3,7-8,10-11H2,(H,18,21)(H,19,22). The molecule has 2 aliphatic rings. The van der Waals surface area contributed by atoms with E-state index in [1.807, 2.05) is 23.1 Å². The Hall–Kier alpha value is -2.11. The lowest BCUT2D eigenvalue weighted by atomic mass is 9.94. The molecule has 3 amide bonds. The second-order valence-corrected chi connectivity index (χ2v) is 5.99. The first-order valence-corrected chi connectivity index (χ1v) is 7.99. The Labute approximate surface area is 130 Å². The summed E-state index contributed by atoms with van der Waals surface area (Å²) in [5.74, 6) is -0.141. The zero-order chi connectivity index (χ0) is 15.4. The van der Waals surface area contributed by atoms with Gasteiger partial charge in [-0.05, 0) is 25.0 Å². The molecule has 1 aromatic rings. The summed E-state index contributed by atoms with van der Waals surface area (Å²) < 4.78 is 0. The summed E-state index contributed by atoms with van der Waals surface area (Å²) in [6, 6.07) is 5.31. The summed E-state index contributed by atoms with van der Waals surface area (Å²) in [5, 5.41) is 5.63. The molecule has 0 radical (unpaired) electrons. The van der Waals surface area contributed by atoms with Gasteiger partial charge in [0.05, 0.1) is 18.8 Å². The fraction of sp³-hybridized carbons (Fsp3) is 0.562. The van der Waals surface area contributed by atoms with Crippen LogP contribution < -0.4 is 10.6 Å². The third-order valence-electron chi connectivity index (χ3n) is 4.44. The van der Waals surface area contributed by atoms with Gasteiger partial charge in [0, 0.05) is 12.2 Å². The Morgan fingerprint density at radius 2 is 2.14 bits per heavy atom. The Kier molecular flexibility index (Phi) is 4.56. The van der Waals surface area contributed by atoms with Gasteiger partial charge in [0.2, 0.25) is 5.91 Å². The first-order valence-electron chi connectivity index (χ1n) is 7.99. The molecule has 1 saturated carbocycles. The maximum atomic E-state index is 12.2. The summed E-state index contributed by atoms with van der Waals surface area (Å²) in [5.41, 5.74) is 0.810. The average Bonchev–Trinajstić information content (AvgIpc) is 2.96. The van der Waals surface area contributed by atoms with E-state index >= 15 is 0 Å². The van der Waals surface area contributed by atoms with Crippen molar-refractivity contribution >= 4 is 11.9 Å². The van der Waals surface area contributed by atoms with E-state index < -0.39 is 6.04 Å². The SMILES string of the molecule is O=C(NCc1ccccn1)C1CN(C2CCCCC2)C(=O)N1. The molecule has 2 heterocycles. The van der Waals surface area contributed by atoms with Gasteiger partial charge in [0.15, 0.2) is 0 Å². The van der Waals surface area contributed by atoms with Crippen molar-refractivity contribution in [3.63, 3.8) is 0 Å². The molecule has 1 aliphatic carbocycles. The highest BCUT2D eigenvalue weighted by molar-refractivity contribution is 5.90. The van der Waals surface area contributed by atoms with E-state index in [0.717, 1.165) is 18.5 Å². The molecule has 3 rings (SSSR count). The van der Waals surface area contributed by atoms with Gasteiger partial charge in [-0.1, -0.05) is 25.3 Å². The Balaban J connectivity index is 1.52. The van der Waals surface area contributed by atoms with Gasteiger partial charge in [-0.3, -0.25) is 9.78 Å². The van der Waals surface area contributed by atoms with Crippen LogP contribution in [0.4, 0.5) is 4.79 Å². The fourth-order valence-corrected chi connectivity index (χ4v) is 3.22. The van der Waals surface area contributed by atoms with Crippen molar-refractivity contribution < 1.29 is 9.59 Å². The molecule has 0 spiro atoms. The molecule has 0 aromatic carbocycles. The highest BCUT2D eigenvalue weighted by Crippen LogP contribution is 2.24. The first kappa shape index (κ1) is 14.8. The van der Waals surface area contributed by atoms with E-state index in [-0.39, 0.29) is 11.9 Å². The summed E-state index contributed by atoms with van der Waals surface area (Å²) in [4.78, 5) is 30.3. The predicted molar refractivity (Wildman–Crippen MR) is 82.0 cm³/mol. The number of carbonyl (C=O) groups is 2. The van der Waals surface area contributed by atoms with Crippen LogP contribution in [0.25, 0.3) is 0 Å². The van der Waals surface area contributed by atoms with Crippen LogP contribution in [0.1, 0.15) is 37.8 Å². The average molecular weight is 302 g/mol. The van der Waals surface area contributed by atoms with Crippen LogP contribution in [0.15, 0.2) is 24.4 Å². The van der Waals surface area contributed by atoms with Crippen LogP contribution in [0, 0.1) is 0 Å². The van der Waals surface area contributed by atoms with E-state index in [0.29, 0.717) is 19.1 Å². The zero-order valence-corrected chi connectivity index (χ0v) is 12.6. The third-order valence-corrected chi connectivity index (χ3v) is 4.44. The smallest absolute Gasteiger partial charge is 0.318 e. The number of rotatable bonds is 4. The summed E-state index contributed by atoms with van der Waals surface area (Å²) in [6.45, 7) is 0.854. The van der Waals surface area contributed by atoms with E-state index in [2.05, 4.69) is 15.6 Å². The second-order valence-electron chi connectivity index (χ2n) is 5.99. The molecule has 1 unspecified atom stereocenters. The molecule has 6 heteroatoms. The third kappa shape index (κ3) is 3.37. The lowest BCUT2D eigenvalue weighted by molar-refractivity contribution is -0.122. The van der Waals surface area contributed by atoms with Crippen LogP contribution >= 0.6 is 0 Å². The normalized spacial score (nSPS) is 22.5. The van der Waals surface area contributed by atoms with Gasteiger partial charge >= 0.3 is 6.03 Å². The number of hydrogen-bond donors (Lipinski definition) is 2. The number of carbonyl (C=O) groups excluding carboxylic acids is 2. The molecular weight excluding hydrogens is 280 g/mol. The molecule has 1 aliphatic heterocycles. The zero-order valence-electron chi connectivity index (χ0n) is 12.6. The predicted octanol–water partition coefficient (Wildman–Crippen LogP) is 1.42. The number of aromatic nitrogens is 1. The number of urea groups is 1. The summed E-state index contributed by atoms with van der Waals surface area (Å²) >= 11 is 0. The quantitative estimate of drug-likeness (QED) is 0.883. The maximum Gasteiger partial charge on any atom is 0.318 e. The Bertz CT molecular complexity index is 528. The molecular formula is C16H22N4O2. The minimum atomic E-state index is -0.460. The number of pyridine rings is 1. The number of hydrogen-bond acceptors (Lipinski definition) is 3. The summed E-state index contributed by atoms with van der Waals surface area (Å²) in [7, 11) is 0. The Morgan fingerprint density at radius 1 is 1.32 bits per heavy atom. The van der Waals surface area contributed by atoms with Gasteiger partial charge in [0.25, 0.3) is 0 Å². The molecule has 2 N–H and O–H groups in total. The maximum absolute atomic E-state index is 12.2. The molecule has 1 saturated heterocycles. The molecule has 2 fully saturated rings. The minimum absolute atomic E-state index is 0.107. The number of amides is 3. The molecule has 0 bridgehead atoms. The number of nitrogens with one attached hydrogen (secondary N) is 2. The van der Waals surface area contributed by atoms with E-state index in [9.17, 15) is 9.59 Å². The van der Waals surface area contributed by atoms with Gasteiger partial charge in [-0.15, -0.1) is 0 Å². The molecule has 6 nitrogen and oxygen atoms in total. The lowest BCUT2D eigenvalue weighted by Crippen LogP contribution is -2.42. The van der Waals surface area contributed by atoms with Gasteiger partial charge in [-0.25, -0.2) is 4.79 Å². The Morgan fingerprint density at radius 3 is 2.86 bits per heavy atom. The van der Waals surface area contributed by atoms with Crippen LogP contribution in [0.2, 0.25) is 0 Å². The van der Waals surface area contributed by atoms with Crippen LogP contribution in [0.3, 0.4) is 0 Å². The molecule has 22 heavy (non-hydrogen) atoms. The van der Waals surface area contributed by atoms with E-state index in [1.54, 1.807) is 6.20 Å². The minimum Gasteiger partial charge on any atom is -0.349 e. The number of nitrogens with zero attached hydrogens (tertiary/aromatic N) is 2. The van der Waals surface area contributed by atoms with Crippen molar-refractivity contribution in [1.29, 1.82) is 0 Å². The highest BCUT2D eigenvalue weighted by atomic mass is 16.2. The molecule has 118 valence electrons. The van der Waals surface area contributed by atoms with Gasteiger partial charge in [0.1, 0.15) is 6.04 Å². The molecule has 1 aromatic heterocycles. The van der Waals surface area contributed by atoms with Crippen molar-refractivity contribution in [3.05, 3.63) is 30.1 Å². The fourth-order valence-electron chi connectivity index (χ4n) is 3.22. The van der Waals surface area contributed by atoms with Crippen molar-refractivity contribution in [2.24, 2.45) is 0 Å². The van der Waals surface area contributed by atoms with Crippen LogP contribution in [-0.4, -0.2) is 40.5 Å². The van der Waals surface area contributed by atoms with Crippen molar-refractivity contribution in [2.45, 2.75) is 50.7 Å². The van der Waals surface area contributed by atoms with Gasteiger partial charge < -0.3 is 15.5 Å². The van der Waals surface area contributed by atoms with E-state index in [4.69, 9.17) is 0 Å². The van der Waals surface area contributed by atoms with Crippen molar-refractivity contribution in [2.75, 3.05) is 6.54 Å². The topological polar surface area (TPSA) is 74.3 Å². The van der Waals surface area contributed by atoms with E-state index in [1.165, 1.54) is 19.3 Å². The van der Waals surface area contributed by atoms with Crippen molar-refractivity contribution in [1.82, 2.24) is 20.5 Å². The monoisotopic (exact) mass is 302 g/mol.